The second-order valence-electron chi connectivity index (χ2n) is 4.98. The van der Waals surface area contributed by atoms with Crippen LogP contribution >= 0.6 is 0 Å². The van der Waals surface area contributed by atoms with E-state index in [1.165, 1.54) is 16.8 Å². The molecule has 0 saturated heterocycles. The molecule has 0 aliphatic carbocycles. The number of hydrogen-bond donors (Lipinski definition) is 0. The Morgan fingerprint density at radius 3 is 2.05 bits per heavy atom. The lowest BCUT2D eigenvalue weighted by Gasteiger charge is -2.01. The fourth-order valence-electron chi connectivity index (χ4n) is 2.31. The minimum atomic E-state index is 0. The van der Waals surface area contributed by atoms with Crippen molar-refractivity contribution < 1.29 is 21.5 Å². The summed E-state index contributed by atoms with van der Waals surface area (Å²) in [7, 11) is 0. The van der Waals surface area contributed by atoms with Crippen molar-refractivity contribution in [1.29, 1.82) is 0 Å². The molecule has 0 radical (unpaired) electrons. The van der Waals surface area contributed by atoms with E-state index in [9.17, 15) is 0 Å². The molecule has 0 unspecified atom stereocenters. The average molecular weight is 352 g/mol. The molecular formula is C20H18BrN. The van der Waals surface area contributed by atoms with Crippen molar-refractivity contribution in [1.82, 2.24) is 0 Å². The maximum absolute atomic E-state index is 2.26. The van der Waals surface area contributed by atoms with Gasteiger partial charge < -0.3 is 17.0 Å². The van der Waals surface area contributed by atoms with Crippen molar-refractivity contribution >= 4 is 12.2 Å². The van der Waals surface area contributed by atoms with Gasteiger partial charge >= 0.3 is 0 Å². The van der Waals surface area contributed by atoms with E-state index in [0.717, 1.165) is 6.54 Å². The summed E-state index contributed by atoms with van der Waals surface area (Å²) >= 11 is 0. The first-order valence-electron chi connectivity index (χ1n) is 7.17. The maximum Gasteiger partial charge on any atom is 0.205 e. The summed E-state index contributed by atoms with van der Waals surface area (Å²) in [6.45, 7) is 0.885. The zero-order valence-corrected chi connectivity index (χ0v) is 13.9. The van der Waals surface area contributed by atoms with Crippen molar-refractivity contribution in [3.63, 3.8) is 0 Å². The summed E-state index contributed by atoms with van der Waals surface area (Å²) in [4.78, 5) is 0. The largest absolute Gasteiger partial charge is 1.00 e. The molecule has 22 heavy (non-hydrogen) atoms. The van der Waals surface area contributed by atoms with Gasteiger partial charge in [0.1, 0.15) is 0 Å². The van der Waals surface area contributed by atoms with E-state index in [1.54, 1.807) is 0 Å². The Labute approximate surface area is 142 Å². The second-order valence-corrected chi connectivity index (χ2v) is 4.98. The summed E-state index contributed by atoms with van der Waals surface area (Å²) in [6, 6.07) is 27.2. The molecule has 3 rings (SSSR count). The third-order valence-corrected chi connectivity index (χ3v) is 3.42. The van der Waals surface area contributed by atoms with Gasteiger partial charge in [0, 0.05) is 23.8 Å². The smallest absolute Gasteiger partial charge is 0.205 e. The van der Waals surface area contributed by atoms with Crippen LogP contribution in [0.4, 0.5) is 0 Å². The Morgan fingerprint density at radius 1 is 0.682 bits per heavy atom. The molecule has 2 aromatic carbocycles. The third-order valence-electron chi connectivity index (χ3n) is 3.42. The topological polar surface area (TPSA) is 3.88 Å². The summed E-state index contributed by atoms with van der Waals surface area (Å²) in [5, 5.41) is 0. The van der Waals surface area contributed by atoms with Crippen LogP contribution in [-0.2, 0) is 6.54 Å². The van der Waals surface area contributed by atoms with Crippen molar-refractivity contribution in [2.45, 2.75) is 6.54 Å². The van der Waals surface area contributed by atoms with E-state index < -0.39 is 0 Å². The highest BCUT2D eigenvalue weighted by molar-refractivity contribution is 5.66. The molecule has 0 fully saturated rings. The SMILES string of the molecule is C(=Cc1cccc[n+]1Cc1ccccc1)c1ccccc1.[Br-]. The van der Waals surface area contributed by atoms with Gasteiger partial charge in [-0.3, -0.25) is 0 Å². The molecule has 2 heteroatoms. The first-order valence-corrected chi connectivity index (χ1v) is 7.17. The summed E-state index contributed by atoms with van der Waals surface area (Å²) in [6.07, 6.45) is 6.44. The molecule has 0 saturated carbocycles. The van der Waals surface area contributed by atoms with E-state index in [-0.39, 0.29) is 17.0 Å². The number of hydrogen-bond acceptors (Lipinski definition) is 0. The minimum absolute atomic E-state index is 0. The predicted molar refractivity (Wildman–Crippen MR) is 87.6 cm³/mol. The number of halogens is 1. The van der Waals surface area contributed by atoms with Crippen LogP contribution in [0.1, 0.15) is 16.8 Å². The molecule has 0 aliphatic rings. The summed E-state index contributed by atoms with van der Waals surface area (Å²) in [5.74, 6) is 0. The van der Waals surface area contributed by atoms with Gasteiger partial charge in [-0.1, -0.05) is 60.7 Å². The number of benzene rings is 2. The zero-order chi connectivity index (χ0) is 14.3. The molecule has 0 aliphatic heterocycles. The fourth-order valence-corrected chi connectivity index (χ4v) is 2.31. The van der Waals surface area contributed by atoms with Gasteiger partial charge in [-0.15, -0.1) is 0 Å². The van der Waals surface area contributed by atoms with E-state index in [4.69, 9.17) is 0 Å². The van der Waals surface area contributed by atoms with Crippen LogP contribution in [0.25, 0.3) is 12.2 Å². The minimum Gasteiger partial charge on any atom is -1.00 e. The van der Waals surface area contributed by atoms with Crippen LogP contribution < -0.4 is 21.5 Å². The molecule has 1 heterocycles. The highest BCUT2D eigenvalue weighted by Crippen LogP contribution is 2.06. The van der Waals surface area contributed by atoms with Gasteiger partial charge in [0.15, 0.2) is 12.7 Å². The van der Waals surface area contributed by atoms with Crippen LogP contribution in [0.15, 0.2) is 85.1 Å². The summed E-state index contributed by atoms with van der Waals surface area (Å²) in [5.41, 5.74) is 3.72. The van der Waals surface area contributed by atoms with Gasteiger partial charge in [0.25, 0.3) is 0 Å². The van der Waals surface area contributed by atoms with Gasteiger partial charge in [-0.05, 0) is 17.7 Å². The normalized spacial score (nSPS) is 10.4. The molecule has 0 bridgehead atoms. The van der Waals surface area contributed by atoms with Crippen molar-refractivity contribution in [3.8, 4) is 0 Å². The second kappa shape index (κ2) is 8.30. The molecule has 0 N–H and O–H groups in total. The van der Waals surface area contributed by atoms with Crippen molar-refractivity contribution in [2.24, 2.45) is 0 Å². The predicted octanol–water partition coefficient (Wildman–Crippen LogP) is 1.20. The molecule has 0 atom stereocenters. The lowest BCUT2D eigenvalue weighted by molar-refractivity contribution is -0.690. The third kappa shape index (κ3) is 4.40. The number of rotatable bonds is 4. The standard InChI is InChI=1S/C20H18N.BrH/c1-3-9-18(10-4-1)14-15-20-13-7-8-16-21(20)17-19-11-5-2-6-12-19;/h1-16H,17H2;1H/q+1;/p-1. The van der Waals surface area contributed by atoms with Crippen LogP contribution in [0, 0.1) is 0 Å². The van der Waals surface area contributed by atoms with E-state index in [2.05, 4.69) is 95.7 Å². The fraction of sp³-hybridized carbons (Fsp3) is 0.0500. The Hall–Kier alpha value is -2.19. The Bertz CT molecular complexity index is 721. The van der Waals surface area contributed by atoms with Crippen LogP contribution in [-0.4, -0.2) is 0 Å². The van der Waals surface area contributed by atoms with Crippen molar-refractivity contribution in [2.75, 3.05) is 0 Å². The molecular weight excluding hydrogens is 334 g/mol. The van der Waals surface area contributed by atoms with Crippen LogP contribution in [0.3, 0.4) is 0 Å². The molecule has 1 nitrogen and oxygen atoms in total. The highest BCUT2D eigenvalue weighted by atomic mass is 79.9. The van der Waals surface area contributed by atoms with Gasteiger partial charge in [0.2, 0.25) is 5.69 Å². The van der Waals surface area contributed by atoms with Crippen LogP contribution in [0.5, 0.6) is 0 Å². The Kier molecular flexibility index (Phi) is 6.11. The number of pyridine rings is 1. The van der Waals surface area contributed by atoms with E-state index in [1.807, 2.05) is 6.07 Å². The lowest BCUT2D eigenvalue weighted by atomic mass is 10.2. The van der Waals surface area contributed by atoms with Gasteiger partial charge in [-0.25, -0.2) is 0 Å². The molecule has 1 aromatic heterocycles. The van der Waals surface area contributed by atoms with Crippen LogP contribution in [0.2, 0.25) is 0 Å². The molecule has 0 spiro atoms. The van der Waals surface area contributed by atoms with E-state index >= 15 is 0 Å². The monoisotopic (exact) mass is 351 g/mol. The Balaban J connectivity index is 0.00000176. The zero-order valence-electron chi connectivity index (χ0n) is 12.3. The number of nitrogens with zero attached hydrogens (tertiary/aromatic N) is 1. The quantitative estimate of drug-likeness (QED) is 0.622. The summed E-state index contributed by atoms with van der Waals surface area (Å²) < 4.78 is 2.26. The molecule has 3 aromatic rings. The van der Waals surface area contributed by atoms with Crippen molar-refractivity contribution in [3.05, 3.63) is 102 Å². The highest BCUT2D eigenvalue weighted by Gasteiger charge is 2.07. The Morgan fingerprint density at radius 2 is 1.32 bits per heavy atom. The lowest BCUT2D eigenvalue weighted by Crippen LogP contribution is -3.00. The maximum atomic E-state index is 2.26. The molecule has 0 amide bonds. The van der Waals surface area contributed by atoms with Gasteiger partial charge in [0.05, 0.1) is 0 Å². The first-order chi connectivity index (χ1) is 10.4. The first kappa shape index (κ1) is 16.2. The van der Waals surface area contributed by atoms with Gasteiger partial charge in [-0.2, -0.15) is 4.57 Å². The number of aromatic nitrogens is 1. The van der Waals surface area contributed by atoms with E-state index in [0.29, 0.717) is 0 Å². The molecule has 110 valence electrons. The average Bonchev–Trinajstić information content (AvgIpc) is 2.56.